The van der Waals surface area contributed by atoms with Crippen LogP contribution in [0.5, 0.6) is 0 Å². The molecule has 0 amide bonds. The largest absolute Gasteiger partial charge is 0.132 e. The summed E-state index contributed by atoms with van der Waals surface area (Å²) < 4.78 is 0. The maximum Gasteiger partial charge on any atom is 0.132 e. The van der Waals surface area contributed by atoms with Crippen molar-refractivity contribution in [2.45, 2.75) is 31.9 Å². The zero-order chi connectivity index (χ0) is 5.98. The van der Waals surface area contributed by atoms with Crippen LogP contribution >= 0.6 is 0 Å². The lowest BCUT2D eigenvalue weighted by Crippen LogP contribution is -2.07. The molecule has 0 fully saturated rings. The minimum Gasteiger partial charge on any atom is -0.0933 e. The van der Waals surface area contributed by atoms with Crippen LogP contribution in [0.3, 0.4) is 0 Å². The van der Waals surface area contributed by atoms with Crippen LogP contribution in [0.25, 0.3) is 0 Å². The lowest BCUT2D eigenvalue weighted by Gasteiger charge is -2.15. The third kappa shape index (κ3) is 1.39. The van der Waals surface area contributed by atoms with Crippen LogP contribution < -0.4 is 0 Å². The van der Waals surface area contributed by atoms with Crippen molar-refractivity contribution in [3.63, 3.8) is 0 Å². The van der Waals surface area contributed by atoms with E-state index in [4.69, 9.17) is 0 Å². The van der Waals surface area contributed by atoms with Gasteiger partial charge in [-0.05, 0) is 6.42 Å². The maximum atomic E-state index is 2.32. The molecule has 1 heterocycles. The summed E-state index contributed by atoms with van der Waals surface area (Å²) in [6, 6.07) is 0. The molecule has 0 aromatic carbocycles. The molecule has 0 aliphatic carbocycles. The molecule has 0 unspecified atom stereocenters. The Morgan fingerprint density at radius 1 is 1.50 bits per heavy atom. The van der Waals surface area contributed by atoms with Crippen LogP contribution in [0.15, 0.2) is 12.2 Å². The van der Waals surface area contributed by atoms with E-state index in [1.807, 2.05) is 0 Å². The van der Waals surface area contributed by atoms with Crippen LogP contribution in [0, 0.1) is 0 Å². The Kier molecular flexibility index (Phi) is 1.77. The molecule has 1 rings (SSSR count). The van der Waals surface area contributed by atoms with Crippen molar-refractivity contribution in [1.29, 1.82) is 0 Å². The Labute approximate surface area is 52.2 Å². The molecule has 8 heavy (non-hydrogen) atoms. The maximum absolute atomic E-state index is 2.32. The lowest BCUT2D eigenvalue weighted by atomic mass is 9.53. The topological polar surface area (TPSA) is 0 Å². The van der Waals surface area contributed by atoms with E-state index in [0.29, 0.717) is 0 Å². The zero-order valence-electron chi connectivity index (χ0n) is 5.72. The van der Waals surface area contributed by atoms with Crippen molar-refractivity contribution in [1.82, 2.24) is 0 Å². The van der Waals surface area contributed by atoms with E-state index in [0.717, 1.165) is 11.6 Å². The van der Waals surface area contributed by atoms with Gasteiger partial charge in [0.05, 0.1) is 0 Å². The summed E-state index contributed by atoms with van der Waals surface area (Å²) in [6.07, 6.45) is 5.92. The van der Waals surface area contributed by atoms with E-state index >= 15 is 0 Å². The minimum absolute atomic E-state index is 0.832. The van der Waals surface area contributed by atoms with E-state index in [9.17, 15) is 0 Å². The molecule has 0 bridgehead atoms. The highest BCUT2D eigenvalue weighted by molar-refractivity contribution is 6.40. The van der Waals surface area contributed by atoms with Gasteiger partial charge in [0, 0.05) is 0 Å². The highest BCUT2D eigenvalue weighted by atomic mass is 14.0. The van der Waals surface area contributed by atoms with Crippen molar-refractivity contribution in [3.05, 3.63) is 12.2 Å². The molecule has 1 aliphatic rings. The Hall–Kier alpha value is -0.195. The van der Waals surface area contributed by atoms with Crippen molar-refractivity contribution in [2.75, 3.05) is 0 Å². The summed E-state index contributed by atoms with van der Waals surface area (Å²) in [4.78, 5) is 0. The molecule has 0 N–H and O–H groups in total. The molecular formula is C7H13B. The van der Waals surface area contributed by atoms with Crippen LogP contribution in [0.4, 0.5) is 0 Å². The smallest absolute Gasteiger partial charge is 0.0933 e. The van der Waals surface area contributed by atoms with E-state index in [1.165, 1.54) is 13.7 Å². The van der Waals surface area contributed by atoms with Crippen molar-refractivity contribution in [2.24, 2.45) is 0 Å². The van der Waals surface area contributed by atoms with E-state index in [1.54, 1.807) is 0 Å². The normalized spacial score (nSPS) is 36.8. The first-order chi connectivity index (χ1) is 3.79. The summed E-state index contributed by atoms with van der Waals surface area (Å²) in [6.45, 7) is 4.60. The highest BCUT2D eigenvalue weighted by Gasteiger charge is 2.10. The standard InChI is InChI=1S/C7H13B/c1-6-4-3-5-7(2)8-6/h3-4,6-8H,5H2,1-2H3/t6-,7+/m1/s1. The molecule has 0 aromatic heterocycles. The number of rotatable bonds is 0. The molecule has 1 heteroatoms. The average molecular weight is 108 g/mol. The molecular weight excluding hydrogens is 94.9 g/mol. The third-order valence-corrected chi connectivity index (χ3v) is 1.78. The first-order valence-corrected chi connectivity index (χ1v) is 3.45. The van der Waals surface area contributed by atoms with E-state index < -0.39 is 0 Å². The Bertz CT molecular complexity index is 96.6. The van der Waals surface area contributed by atoms with Gasteiger partial charge in [0.25, 0.3) is 0 Å². The predicted molar refractivity (Wildman–Crippen MR) is 39.8 cm³/mol. The van der Waals surface area contributed by atoms with Gasteiger partial charge in [0.15, 0.2) is 0 Å². The zero-order valence-corrected chi connectivity index (χ0v) is 5.72. The third-order valence-electron chi connectivity index (χ3n) is 1.78. The fraction of sp³-hybridized carbons (Fsp3) is 0.714. The SMILES string of the molecule is C[C@@H]1B[C@H](C)C=CC1. The molecule has 44 valence electrons. The van der Waals surface area contributed by atoms with Crippen LogP contribution in [-0.2, 0) is 0 Å². The first kappa shape index (κ1) is 5.93. The van der Waals surface area contributed by atoms with Gasteiger partial charge in [-0.15, -0.1) is 0 Å². The van der Waals surface area contributed by atoms with Crippen molar-refractivity contribution in [3.8, 4) is 0 Å². The fourth-order valence-electron chi connectivity index (χ4n) is 1.35. The Balaban J connectivity index is 2.42. The van der Waals surface area contributed by atoms with Gasteiger partial charge in [0.1, 0.15) is 7.28 Å². The molecule has 0 spiro atoms. The molecule has 0 saturated heterocycles. The monoisotopic (exact) mass is 108 g/mol. The number of hydrogen-bond acceptors (Lipinski definition) is 0. The van der Waals surface area contributed by atoms with Gasteiger partial charge in [0.2, 0.25) is 0 Å². The van der Waals surface area contributed by atoms with Crippen LogP contribution in [-0.4, -0.2) is 7.28 Å². The summed E-state index contributed by atoms with van der Waals surface area (Å²) in [5, 5.41) is 0. The Morgan fingerprint density at radius 2 is 2.25 bits per heavy atom. The Morgan fingerprint density at radius 3 is 2.62 bits per heavy atom. The van der Waals surface area contributed by atoms with Crippen LogP contribution in [0.1, 0.15) is 20.3 Å². The van der Waals surface area contributed by atoms with E-state index in [-0.39, 0.29) is 0 Å². The number of hydrogen-bond donors (Lipinski definition) is 0. The fourth-order valence-corrected chi connectivity index (χ4v) is 1.35. The minimum atomic E-state index is 0.832. The summed E-state index contributed by atoms with van der Waals surface area (Å²) >= 11 is 0. The predicted octanol–water partition coefficient (Wildman–Crippen LogP) is 2.00. The van der Waals surface area contributed by atoms with Gasteiger partial charge < -0.3 is 0 Å². The second-order valence-corrected chi connectivity index (χ2v) is 2.98. The van der Waals surface area contributed by atoms with Gasteiger partial charge in [-0.2, -0.15) is 0 Å². The van der Waals surface area contributed by atoms with Gasteiger partial charge in [-0.1, -0.05) is 37.6 Å². The highest BCUT2D eigenvalue weighted by Crippen LogP contribution is 2.22. The molecule has 1 aliphatic heterocycles. The second-order valence-electron chi connectivity index (χ2n) is 2.98. The summed E-state index contributed by atoms with van der Waals surface area (Å²) in [7, 11) is 1.39. The quantitative estimate of drug-likeness (QED) is 0.329. The molecule has 2 atom stereocenters. The molecule has 0 nitrogen and oxygen atoms in total. The number of allylic oxidation sites excluding steroid dienone is 2. The molecule has 0 saturated carbocycles. The lowest BCUT2D eigenvalue weighted by molar-refractivity contribution is 0.886. The van der Waals surface area contributed by atoms with E-state index in [2.05, 4.69) is 26.0 Å². The van der Waals surface area contributed by atoms with Gasteiger partial charge in [-0.25, -0.2) is 0 Å². The van der Waals surface area contributed by atoms with Crippen LogP contribution in [0.2, 0.25) is 11.6 Å². The molecule has 0 radical (unpaired) electrons. The van der Waals surface area contributed by atoms with Crippen molar-refractivity contribution >= 4 is 7.28 Å². The average Bonchev–Trinajstić information content (AvgIpc) is 1.64. The van der Waals surface area contributed by atoms with Gasteiger partial charge in [-0.3, -0.25) is 0 Å². The van der Waals surface area contributed by atoms with Crippen molar-refractivity contribution < 1.29 is 0 Å². The summed E-state index contributed by atoms with van der Waals surface area (Å²) in [5.41, 5.74) is 0. The molecule has 0 aromatic rings. The van der Waals surface area contributed by atoms with Gasteiger partial charge >= 0.3 is 0 Å². The summed E-state index contributed by atoms with van der Waals surface area (Å²) in [5.74, 6) is 1.76. The second kappa shape index (κ2) is 2.39. The first-order valence-electron chi connectivity index (χ1n) is 3.45.